The standard InChI is InChI=1S/C10H10N2O7S/c1-18-10(15)6(4-9(13)14)12-20(16,17)8-2-3-19-7(8)5-11/h2-3,6,12H,4H2,1H3,(H,13,14)/t6-/m0/s1. The van der Waals surface area contributed by atoms with Crippen LogP contribution < -0.4 is 4.72 Å². The molecular weight excluding hydrogens is 292 g/mol. The molecule has 0 aromatic carbocycles. The number of hydrogen-bond acceptors (Lipinski definition) is 7. The van der Waals surface area contributed by atoms with Crippen molar-refractivity contribution in [1.82, 2.24) is 4.72 Å². The van der Waals surface area contributed by atoms with E-state index in [0.29, 0.717) is 0 Å². The number of nitrogens with one attached hydrogen (secondary N) is 1. The van der Waals surface area contributed by atoms with Gasteiger partial charge in [-0.05, 0) is 6.07 Å². The first kappa shape index (κ1) is 15.7. The molecule has 108 valence electrons. The van der Waals surface area contributed by atoms with Crippen LogP contribution in [0.3, 0.4) is 0 Å². The molecule has 1 rings (SSSR count). The van der Waals surface area contributed by atoms with Gasteiger partial charge in [-0.15, -0.1) is 0 Å². The number of carboxylic acids is 1. The Bertz CT molecular complexity index is 655. The molecule has 0 bridgehead atoms. The molecule has 9 nitrogen and oxygen atoms in total. The first-order valence-electron chi connectivity index (χ1n) is 5.11. The summed E-state index contributed by atoms with van der Waals surface area (Å²) in [6.07, 6.45) is 0.184. The van der Waals surface area contributed by atoms with Crippen molar-refractivity contribution in [2.45, 2.75) is 17.4 Å². The molecule has 1 heterocycles. The van der Waals surface area contributed by atoms with E-state index < -0.39 is 45.1 Å². The maximum atomic E-state index is 12.0. The van der Waals surface area contributed by atoms with Gasteiger partial charge in [-0.25, -0.2) is 8.42 Å². The number of sulfonamides is 1. The van der Waals surface area contributed by atoms with E-state index >= 15 is 0 Å². The normalized spacial score (nSPS) is 12.4. The lowest BCUT2D eigenvalue weighted by molar-refractivity contribution is -0.147. The number of ether oxygens (including phenoxy) is 1. The van der Waals surface area contributed by atoms with Gasteiger partial charge in [0.2, 0.25) is 15.8 Å². The Morgan fingerprint density at radius 3 is 2.75 bits per heavy atom. The Kier molecular flexibility index (Phi) is 4.84. The molecule has 1 atom stereocenters. The minimum absolute atomic E-state index is 0.476. The molecule has 1 aromatic rings. The van der Waals surface area contributed by atoms with Crippen LogP contribution >= 0.6 is 0 Å². The molecule has 0 aliphatic heterocycles. The van der Waals surface area contributed by atoms with Gasteiger partial charge in [-0.1, -0.05) is 0 Å². The summed E-state index contributed by atoms with van der Waals surface area (Å²) in [4.78, 5) is 21.5. The molecule has 0 saturated heterocycles. The molecule has 0 unspecified atom stereocenters. The Morgan fingerprint density at radius 1 is 1.60 bits per heavy atom. The zero-order chi connectivity index (χ0) is 15.3. The number of methoxy groups -OCH3 is 1. The fraction of sp³-hybridized carbons (Fsp3) is 0.300. The Balaban J connectivity index is 3.06. The number of rotatable bonds is 6. The summed E-state index contributed by atoms with van der Waals surface area (Å²) in [5.74, 6) is -2.93. The van der Waals surface area contributed by atoms with Crippen molar-refractivity contribution in [1.29, 1.82) is 5.26 Å². The van der Waals surface area contributed by atoms with Gasteiger partial charge >= 0.3 is 11.9 Å². The van der Waals surface area contributed by atoms with E-state index in [4.69, 9.17) is 10.4 Å². The number of carboxylic acid groups (broad SMARTS) is 1. The van der Waals surface area contributed by atoms with Crippen LogP contribution in [0.1, 0.15) is 12.2 Å². The van der Waals surface area contributed by atoms with Crippen LogP contribution in [-0.2, 0) is 24.3 Å². The Hall–Kier alpha value is -2.38. The van der Waals surface area contributed by atoms with Crippen molar-refractivity contribution >= 4 is 22.0 Å². The lowest BCUT2D eigenvalue weighted by atomic mass is 10.2. The minimum Gasteiger partial charge on any atom is -0.481 e. The van der Waals surface area contributed by atoms with Gasteiger partial charge in [0.25, 0.3) is 0 Å². The van der Waals surface area contributed by atoms with E-state index in [-0.39, 0.29) is 0 Å². The van der Waals surface area contributed by atoms with Gasteiger partial charge in [0.05, 0.1) is 19.8 Å². The zero-order valence-corrected chi connectivity index (χ0v) is 11.0. The summed E-state index contributed by atoms with van der Waals surface area (Å²) in [5, 5.41) is 17.3. The van der Waals surface area contributed by atoms with Crippen molar-refractivity contribution in [2.75, 3.05) is 7.11 Å². The molecule has 0 aliphatic carbocycles. The number of nitrogens with zero attached hydrogens (tertiary/aromatic N) is 1. The number of furan rings is 1. The molecular formula is C10H10N2O7S. The highest BCUT2D eigenvalue weighted by atomic mass is 32.2. The van der Waals surface area contributed by atoms with E-state index in [0.717, 1.165) is 19.4 Å². The highest BCUT2D eigenvalue weighted by Gasteiger charge is 2.30. The summed E-state index contributed by atoms with van der Waals surface area (Å²) in [7, 11) is -3.30. The summed E-state index contributed by atoms with van der Waals surface area (Å²) >= 11 is 0. The first-order valence-corrected chi connectivity index (χ1v) is 6.59. The number of esters is 1. The quantitative estimate of drug-likeness (QED) is 0.665. The number of aliphatic carboxylic acids is 1. The first-order chi connectivity index (χ1) is 9.31. The average molecular weight is 302 g/mol. The summed E-state index contributed by atoms with van der Waals surface area (Å²) in [5.41, 5.74) is 0. The SMILES string of the molecule is COC(=O)[C@H](CC(=O)O)NS(=O)(=O)c1ccoc1C#N. The van der Waals surface area contributed by atoms with Gasteiger partial charge in [0, 0.05) is 0 Å². The predicted octanol–water partition coefficient (Wildman–Crippen LogP) is -0.554. The third-order valence-corrected chi connectivity index (χ3v) is 3.68. The number of carbonyl (C=O) groups excluding carboxylic acids is 1. The monoisotopic (exact) mass is 302 g/mol. The van der Waals surface area contributed by atoms with Crippen molar-refractivity contribution in [3.63, 3.8) is 0 Å². The summed E-state index contributed by atoms with van der Waals surface area (Å²) in [6, 6.07) is 0.923. The van der Waals surface area contributed by atoms with Crippen LogP contribution in [0.2, 0.25) is 0 Å². The highest BCUT2D eigenvalue weighted by Crippen LogP contribution is 2.16. The lowest BCUT2D eigenvalue weighted by Gasteiger charge is -2.14. The van der Waals surface area contributed by atoms with Crippen LogP contribution in [0, 0.1) is 11.3 Å². The molecule has 0 fully saturated rings. The second-order valence-corrected chi connectivity index (χ2v) is 5.20. The van der Waals surface area contributed by atoms with Crippen LogP contribution in [0.15, 0.2) is 21.6 Å². The maximum Gasteiger partial charge on any atom is 0.324 e. The van der Waals surface area contributed by atoms with Gasteiger partial charge in [0.1, 0.15) is 17.0 Å². The summed E-state index contributed by atoms with van der Waals surface area (Å²) in [6.45, 7) is 0. The highest BCUT2D eigenvalue weighted by molar-refractivity contribution is 7.89. The molecule has 0 amide bonds. The molecule has 10 heteroatoms. The van der Waals surface area contributed by atoms with Crippen LogP contribution in [0.4, 0.5) is 0 Å². The molecule has 0 saturated carbocycles. The average Bonchev–Trinajstić information content (AvgIpc) is 2.85. The fourth-order valence-corrected chi connectivity index (χ4v) is 2.59. The molecule has 0 radical (unpaired) electrons. The van der Waals surface area contributed by atoms with Gasteiger partial charge in [-0.2, -0.15) is 9.98 Å². The zero-order valence-electron chi connectivity index (χ0n) is 10.2. The second kappa shape index (κ2) is 6.18. The van der Waals surface area contributed by atoms with Crippen LogP contribution in [0.5, 0.6) is 0 Å². The van der Waals surface area contributed by atoms with Crippen molar-refractivity contribution in [3.8, 4) is 6.07 Å². The second-order valence-electron chi connectivity index (χ2n) is 3.52. The van der Waals surface area contributed by atoms with Crippen LogP contribution in [-0.4, -0.2) is 38.6 Å². The van der Waals surface area contributed by atoms with E-state index in [1.807, 2.05) is 4.72 Å². The van der Waals surface area contributed by atoms with Crippen molar-refractivity contribution < 1.29 is 32.3 Å². The Labute approximate surface area is 113 Å². The largest absolute Gasteiger partial charge is 0.481 e. The van der Waals surface area contributed by atoms with Gasteiger partial charge in [-0.3, -0.25) is 9.59 Å². The molecule has 0 spiro atoms. The van der Waals surface area contributed by atoms with E-state index in [9.17, 15) is 18.0 Å². The topological polar surface area (TPSA) is 147 Å². The number of nitriles is 1. The molecule has 20 heavy (non-hydrogen) atoms. The summed E-state index contributed by atoms with van der Waals surface area (Å²) < 4.78 is 34.7. The van der Waals surface area contributed by atoms with Crippen molar-refractivity contribution in [3.05, 3.63) is 18.1 Å². The lowest BCUT2D eigenvalue weighted by Crippen LogP contribution is -2.42. The smallest absolute Gasteiger partial charge is 0.324 e. The van der Waals surface area contributed by atoms with Crippen molar-refractivity contribution in [2.24, 2.45) is 0 Å². The van der Waals surface area contributed by atoms with Gasteiger partial charge < -0.3 is 14.3 Å². The minimum atomic E-state index is -4.29. The van der Waals surface area contributed by atoms with E-state index in [1.165, 1.54) is 6.07 Å². The van der Waals surface area contributed by atoms with Crippen LogP contribution in [0.25, 0.3) is 0 Å². The molecule has 0 aliphatic rings. The predicted molar refractivity (Wildman–Crippen MR) is 61.8 cm³/mol. The molecule has 1 aromatic heterocycles. The Morgan fingerprint density at radius 2 is 2.25 bits per heavy atom. The van der Waals surface area contributed by atoms with E-state index in [2.05, 4.69) is 9.15 Å². The van der Waals surface area contributed by atoms with Gasteiger partial charge in [0.15, 0.2) is 0 Å². The van der Waals surface area contributed by atoms with E-state index in [1.54, 1.807) is 0 Å². The fourth-order valence-electron chi connectivity index (χ4n) is 1.33. The number of hydrogen-bond donors (Lipinski definition) is 2. The third-order valence-electron chi connectivity index (χ3n) is 2.18. The molecule has 2 N–H and O–H groups in total. The third kappa shape index (κ3) is 3.56. The number of carbonyl (C=O) groups is 2. The maximum absolute atomic E-state index is 12.0.